The van der Waals surface area contributed by atoms with Gasteiger partial charge in [0.1, 0.15) is 6.07 Å². The first-order valence-corrected chi connectivity index (χ1v) is 7.69. The lowest BCUT2D eigenvalue weighted by molar-refractivity contribution is 0.535. The highest BCUT2D eigenvalue weighted by atomic mass is 15.1. The number of anilines is 1. The van der Waals surface area contributed by atoms with Crippen LogP contribution in [0.5, 0.6) is 0 Å². The van der Waals surface area contributed by atoms with Gasteiger partial charge in [-0.1, -0.05) is 33.8 Å². The summed E-state index contributed by atoms with van der Waals surface area (Å²) < 4.78 is 0. The fourth-order valence-electron chi connectivity index (χ4n) is 2.18. The van der Waals surface area contributed by atoms with Gasteiger partial charge >= 0.3 is 0 Å². The molecule has 1 aromatic rings. The van der Waals surface area contributed by atoms with Crippen molar-refractivity contribution in [2.45, 2.75) is 47.5 Å². The predicted octanol–water partition coefficient (Wildman–Crippen LogP) is 4.77. The molecule has 0 aromatic heterocycles. The minimum atomic E-state index is 0.687. The van der Waals surface area contributed by atoms with Gasteiger partial charge in [0.05, 0.1) is 11.3 Å². The van der Waals surface area contributed by atoms with E-state index in [0.717, 1.165) is 37.2 Å². The lowest BCUT2D eigenvalue weighted by Crippen LogP contribution is -2.28. The van der Waals surface area contributed by atoms with Gasteiger partial charge in [-0.25, -0.2) is 0 Å². The zero-order valence-electron chi connectivity index (χ0n) is 13.6. The van der Waals surface area contributed by atoms with E-state index >= 15 is 0 Å². The van der Waals surface area contributed by atoms with E-state index in [-0.39, 0.29) is 0 Å². The first kappa shape index (κ1) is 16.6. The molecule has 0 aliphatic rings. The summed E-state index contributed by atoms with van der Waals surface area (Å²) in [6, 6.07) is 8.45. The molecule has 0 saturated heterocycles. The number of rotatable bonds is 7. The Morgan fingerprint density at radius 1 is 1.05 bits per heavy atom. The van der Waals surface area contributed by atoms with Gasteiger partial charge in [-0.05, 0) is 49.3 Å². The van der Waals surface area contributed by atoms with Crippen LogP contribution in [0.3, 0.4) is 0 Å². The van der Waals surface area contributed by atoms with Crippen molar-refractivity contribution in [1.29, 1.82) is 5.26 Å². The average Bonchev–Trinajstić information content (AvgIpc) is 2.38. The molecule has 2 nitrogen and oxygen atoms in total. The van der Waals surface area contributed by atoms with Crippen LogP contribution in [0, 0.1) is 30.1 Å². The van der Waals surface area contributed by atoms with Crippen LogP contribution in [0.4, 0.5) is 5.69 Å². The van der Waals surface area contributed by atoms with Gasteiger partial charge in [0.15, 0.2) is 0 Å². The van der Waals surface area contributed by atoms with E-state index in [4.69, 9.17) is 0 Å². The van der Waals surface area contributed by atoms with Crippen LogP contribution in [0.2, 0.25) is 0 Å². The third kappa shape index (κ3) is 5.25. The van der Waals surface area contributed by atoms with Crippen molar-refractivity contribution in [3.05, 3.63) is 29.3 Å². The second-order valence-electron chi connectivity index (χ2n) is 6.48. The van der Waals surface area contributed by atoms with Gasteiger partial charge in [-0.3, -0.25) is 0 Å². The lowest BCUT2D eigenvalue weighted by Gasteiger charge is -2.27. The van der Waals surface area contributed by atoms with Crippen LogP contribution in [-0.4, -0.2) is 13.1 Å². The Bertz CT molecular complexity index is 443. The summed E-state index contributed by atoms with van der Waals surface area (Å²) in [7, 11) is 0. The summed E-state index contributed by atoms with van der Waals surface area (Å²) in [5.74, 6) is 1.37. The zero-order chi connectivity index (χ0) is 15.1. The van der Waals surface area contributed by atoms with Crippen LogP contribution < -0.4 is 4.90 Å². The Morgan fingerprint density at radius 2 is 1.60 bits per heavy atom. The maximum Gasteiger partial charge on any atom is 0.101 e. The minimum Gasteiger partial charge on any atom is -0.370 e. The molecule has 0 bridgehead atoms. The predicted molar refractivity (Wildman–Crippen MR) is 87.0 cm³/mol. The van der Waals surface area contributed by atoms with E-state index in [2.05, 4.69) is 51.7 Å². The number of benzene rings is 1. The maximum atomic E-state index is 9.34. The van der Waals surface area contributed by atoms with Crippen molar-refractivity contribution >= 4 is 5.69 Å². The standard InChI is InChI=1S/C18H28N2/c1-14(2)8-10-20(11-9-15(3)4)18-12-16(5)6-7-17(18)13-19/h6-7,12,14-15H,8-11H2,1-5H3. The smallest absolute Gasteiger partial charge is 0.101 e. The molecule has 0 unspecified atom stereocenters. The molecule has 0 aliphatic heterocycles. The molecule has 0 fully saturated rings. The van der Waals surface area contributed by atoms with E-state index in [9.17, 15) is 5.26 Å². The molecule has 110 valence electrons. The van der Waals surface area contributed by atoms with Gasteiger partial charge < -0.3 is 4.90 Å². The molecular formula is C18H28N2. The molecule has 0 amide bonds. The largest absolute Gasteiger partial charge is 0.370 e. The first-order chi connectivity index (χ1) is 9.43. The third-order valence-electron chi connectivity index (χ3n) is 3.57. The van der Waals surface area contributed by atoms with Gasteiger partial charge in [0.2, 0.25) is 0 Å². The maximum absolute atomic E-state index is 9.34. The molecule has 0 spiro atoms. The first-order valence-electron chi connectivity index (χ1n) is 7.69. The average molecular weight is 272 g/mol. The summed E-state index contributed by atoms with van der Waals surface area (Å²) in [4.78, 5) is 2.39. The quantitative estimate of drug-likeness (QED) is 0.715. The second-order valence-corrected chi connectivity index (χ2v) is 6.48. The van der Waals surface area contributed by atoms with E-state index in [1.165, 1.54) is 5.56 Å². The van der Waals surface area contributed by atoms with E-state index in [1.54, 1.807) is 0 Å². The lowest BCUT2D eigenvalue weighted by atomic mass is 10.1. The van der Waals surface area contributed by atoms with Crippen molar-refractivity contribution in [1.82, 2.24) is 0 Å². The molecule has 1 aromatic carbocycles. The van der Waals surface area contributed by atoms with Crippen molar-refractivity contribution in [2.75, 3.05) is 18.0 Å². The van der Waals surface area contributed by atoms with Crippen LogP contribution in [-0.2, 0) is 0 Å². The summed E-state index contributed by atoms with van der Waals surface area (Å²) in [5.41, 5.74) is 3.12. The minimum absolute atomic E-state index is 0.687. The Kier molecular flexibility index (Phi) is 6.58. The van der Waals surface area contributed by atoms with E-state index < -0.39 is 0 Å². The Hall–Kier alpha value is -1.49. The number of hydrogen-bond acceptors (Lipinski definition) is 2. The van der Waals surface area contributed by atoms with Gasteiger partial charge in [-0.15, -0.1) is 0 Å². The van der Waals surface area contributed by atoms with Crippen molar-refractivity contribution in [3.8, 4) is 6.07 Å². The number of hydrogen-bond donors (Lipinski definition) is 0. The molecule has 20 heavy (non-hydrogen) atoms. The summed E-state index contributed by atoms with van der Waals surface area (Å²) in [5, 5.41) is 9.34. The normalized spacial score (nSPS) is 10.9. The SMILES string of the molecule is Cc1ccc(C#N)c(N(CCC(C)C)CCC(C)C)c1. The highest BCUT2D eigenvalue weighted by Crippen LogP contribution is 2.23. The van der Waals surface area contributed by atoms with Crippen LogP contribution in [0.1, 0.15) is 51.7 Å². The molecule has 2 heteroatoms. The number of nitriles is 1. The molecule has 0 aliphatic carbocycles. The fraction of sp³-hybridized carbons (Fsp3) is 0.611. The van der Waals surface area contributed by atoms with E-state index in [1.807, 2.05) is 12.1 Å². The highest BCUT2D eigenvalue weighted by Gasteiger charge is 2.13. The van der Waals surface area contributed by atoms with Crippen molar-refractivity contribution < 1.29 is 0 Å². The molecule has 0 saturated carbocycles. The fourth-order valence-corrected chi connectivity index (χ4v) is 2.18. The molecule has 1 rings (SSSR count). The number of aryl methyl sites for hydroxylation is 1. The third-order valence-corrected chi connectivity index (χ3v) is 3.57. The Morgan fingerprint density at radius 3 is 2.05 bits per heavy atom. The summed E-state index contributed by atoms with van der Waals surface area (Å²) in [6.07, 6.45) is 2.33. The zero-order valence-corrected chi connectivity index (χ0v) is 13.6. The topological polar surface area (TPSA) is 27.0 Å². The summed E-state index contributed by atoms with van der Waals surface area (Å²) in [6.45, 7) is 13.2. The molecule has 0 radical (unpaired) electrons. The van der Waals surface area contributed by atoms with Gasteiger partial charge in [-0.2, -0.15) is 5.26 Å². The highest BCUT2D eigenvalue weighted by molar-refractivity contribution is 5.60. The van der Waals surface area contributed by atoms with Crippen LogP contribution >= 0.6 is 0 Å². The van der Waals surface area contributed by atoms with E-state index in [0.29, 0.717) is 11.8 Å². The Labute approximate surface area is 124 Å². The molecule has 0 atom stereocenters. The van der Waals surface area contributed by atoms with Crippen molar-refractivity contribution in [3.63, 3.8) is 0 Å². The van der Waals surface area contributed by atoms with Gasteiger partial charge in [0, 0.05) is 13.1 Å². The van der Waals surface area contributed by atoms with Crippen LogP contribution in [0.25, 0.3) is 0 Å². The second kappa shape index (κ2) is 7.94. The number of nitrogens with zero attached hydrogens (tertiary/aromatic N) is 2. The Balaban J connectivity index is 2.96. The monoisotopic (exact) mass is 272 g/mol. The van der Waals surface area contributed by atoms with Crippen molar-refractivity contribution in [2.24, 2.45) is 11.8 Å². The summed E-state index contributed by atoms with van der Waals surface area (Å²) >= 11 is 0. The molecule has 0 heterocycles. The molecule has 0 N–H and O–H groups in total. The molecular weight excluding hydrogens is 244 g/mol. The van der Waals surface area contributed by atoms with Gasteiger partial charge in [0.25, 0.3) is 0 Å². The van der Waals surface area contributed by atoms with Crippen LogP contribution in [0.15, 0.2) is 18.2 Å².